The van der Waals surface area contributed by atoms with E-state index in [9.17, 15) is 69.9 Å². The Kier molecular flexibility index (Phi) is 26.0. The van der Waals surface area contributed by atoms with Crippen molar-refractivity contribution < 1.29 is 84.2 Å². The van der Waals surface area contributed by atoms with Crippen LogP contribution in [0.1, 0.15) is 97.0 Å². The summed E-state index contributed by atoms with van der Waals surface area (Å²) in [5.41, 5.74) is 2.98. The highest BCUT2D eigenvalue weighted by atomic mass is 32.1. The molecule has 6 aliphatic rings. The molecule has 548 valence electrons. The van der Waals surface area contributed by atoms with Crippen molar-refractivity contribution in [1.29, 1.82) is 0 Å². The van der Waals surface area contributed by atoms with Crippen molar-refractivity contribution in [2.24, 2.45) is 11.8 Å². The van der Waals surface area contributed by atoms with Gasteiger partial charge < -0.3 is 102 Å². The van der Waals surface area contributed by atoms with Crippen LogP contribution in [0, 0.1) is 11.8 Å². The average Bonchev–Trinajstić information content (AvgIpc) is 1.61. The number of ether oxygens (including phenoxy) is 2. The van der Waals surface area contributed by atoms with E-state index in [4.69, 9.17) is 19.4 Å². The van der Waals surface area contributed by atoms with Gasteiger partial charge in [0, 0.05) is 88.1 Å². The Morgan fingerprint density at radius 2 is 1.34 bits per heavy atom. The zero-order chi connectivity index (χ0) is 71.5. The number of carbonyl (C=O) groups is 6. The van der Waals surface area contributed by atoms with Crippen molar-refractivity contribution in [3.05, 3.63) is 60.4 Å². The molecule has 14 N–H and O–H groups in total. The minimum absolute atomic E-state index is 0.00488. The topological polar surface area (TPSA) is 431 Å². The van der Waals surface area contributed by atoms with Crippen LogP contribution in [-0.4, -0.2) is 287 Å². The fraction of sp³-hybridized carbons (Fsp3) is 0.647. The molecule has 10 rings (SSSR count). The number of phenols is 1. The van der Waals surface area contributed by atoms with E-state index in [0.29, 0.717) is 48.1 Å². The van der Waals surface area contributed by atoms with Gasteiger partial charge in [0.25, 0.3) is 0 Å². The van der Waals surface area contributed by atoms with Gasteiger partial charge in [0.15, 0.2) is 11.5 Å². The predicted molar refractivity (Wildman–Crippen MR) is 365 cm³/mol. The number of methoxy groups -OCH3 is 1. The second kappa shape index (κ2) is 34.6. The van der Waals surface area contributed by atoms with Gasteiger partial charge in [-0.3, -0.25) is 33.7 Å². The summed E-state index contributed by atoms with van der Waals surface area (Å²) in [6.07, 6.45) is 2.37. The number of aromatic nitrogens is 4. The molecular formula is C68H98N14O17S. The Labute approximate surface area is 584 Å². The van der Waals surface area contributed by atoms with Gasteiger partial charge in [-0.25, -0.2) is 9.97 Å². The summed E-state index contributed by atoms with van der Waals surface area (Å²) in [4.78, 5) is 106. The van der Waals surface area contributed by atoms with Crippen molar-refractivity contribution >= 4 is 57.9 Å². The molecule has 0 radical (unpaired) electrons. The summed E-state index contributed by atoms with van der Waals surface area (Å²) in [5, 5.41) is 124. The molecule has 7 heterocycles. The molecule has 0 spiro atoms. The zero-order valence-electron chi connectivity index (χ0n) is 57.0. The first-order chi connectivity index (χ1) is 48.0. The zero-order valence-corrected chi connectivity index (χ0v) is 57.8. The van der Waals surface area contributed by atoms with Crippen LogP contribution in [0.3, 0.4) is 0 Å². The van der Waals surface area contributed by atoms with Crippen molar-refractivity contribution in [3.63, 3.8) is 0 Å². The van der Waals surface area contributed by atoms with E-state index in [1.807, 2.05) is 36.7 Å². The number of β-amino-alcohol motifs (C(OH)–C–C–N with tert-alkyl or cyclic N) is 1. The lowest BCUT2D eigenvalue weighted by Gasteiger charge is -2.39. The first-order valence-electron chi connectivity index (χ1n) is 34.9. The van der Waals surface area contributed by atoms with Crippen molar-refractivity contribution in [2.75, 3.05) is 89.0 Å². The summed E-state index contributed by atoms with van der Waals surface area (Å²) >= 11 is 1.43. The number of amides is 6. The van der Waals surface area contributed by atoms with Gasteiger partial charge in [-0.2, -0.15) is 0 Å². The van der Waals surface area contributed by atoms with Crippen LogP contribution in [0.4, 0.5) is 11.1 Å². The van der Waals surface area contributed by atoms with Crippen LogP contribution in [0.2, 0.25) is 0 Å². The van der Waals surface area contributed by atoms with Crippen molar-refractivity contribution in [2.45, 2.75) is 189 Å². The molecule has 0 unspecified atom stereocenters. The fourth-order valence-electron chi connectivity index (χ4n) is 14.3. The molecule has 2 aromatic carbocycles. The molecule has 6 fully saturated rings. The van der Waals surface area contributed by atoms with Crippen LogP contribution in [0.15, 0.2) is 54.9 Å². The Morgan fingerprint density at radius 1 is 0.700 bits per heavy atom. The number of piperidine rings is 2. The molecule has 13 atom stereocenters. The third-order valence-electron chi connectivity index (χ3n) is 20.4. The van der Waals surface area contributed by atoms with Crippen molar-refractivity contribution in [1.82, 2.24) is 61.4 Å². The van der Waals surface area contributed by atoms with Crippen LogP contribution < -0.4 is 41.1 Å². The van der Waals surface area contributed by atoms with Crippen LogP contribution >= 0.6 is 11.3 Å². The molecule has 2 aromatic heterocycles. The fourth-order valence-corrected chi connectivity index (χ4v) is 15.2. The minimum atomic E-state index is -2.04. The molecule has 1 aliphatic carbocycles. The van der Waals surface area contributed by atoms with E-state index in [1.165, 1.54) is 74.7 Å². The predicted octanol–water partition coefficient (Wildman–Crippen LogP) is -1.65. The minimum Gasteiger partial charge on any atom is -0.504 e. The summed E-state index contributed by atoms with van der Waals surface area (Å²) in [6, 6.07) is 0.745. The molecule has 4 aromatic rings. The van der Waals surface area contributed by atoms with Gasteiger partial charge in [0.2, 0.25) is 46.5 Å². The monoisotopic (exact) mass is 1410 g/mol. The molecule has 5 saturated heterocycles. The standard InChI is InChI=1S/C68H98N14O17S/c1-37-32-82-58(59(37)91)63(95)70-31-54(90)80(33-40-17-22-79(23-18-40)68-77-76-64(100-68)43-13-11-42(12-14-43)44-29-71-67(72-30-44)78-24-19-48(20-25-78)99-47-8-6-5-7-9-47)38(2)60(92)73-55(39(3)85)65(96)81-34-46(86)28-49(81)61(93)74-56(52(89)26-41-10-15-50(87)53(27-41)98-4)62(94)75-57(66(82)97)51(88)16-21-69-45(35-83)36-84/h10-15,27,29-30,37-40,45-49,51-52,54-59,69,83-91H,5-9,16-26,28,31-36H2,1-4H3,(H,70,95)(H,73,92)(H,74,93)(H,75,94)/t37-,38-,39+,46+,49-,51+,52+,54-,55-,56-,57-,58-,59-/m0/s1. The van der Waals surface area contributed by atoms with E-state index < -0.39 is 160 Å². The molecule has 1 saturated carbocycles. The highest BCUT2D eigenvalue weighted by Gasteiger charge is 2.50. The molecule has 32 heteroatoms. The van der Waals surface area contributed by atoms with E-state index in [-0.39, 0.29) is 55.1 Å². The number of rotatable bonds is 20. The van der Waals surface area contributed by atoms with Crippen LogP contribution in [0.25, 0.3) is 21.7 Å². The number of hydrogen-bond acceptors (Lipinski definition) is 26. The van der Waals surface area contributed by atoms with Gasteiger partial charge in [-0.1, -0.05) is 67.9 Å². The lowest BCUT2D eigenvalue weighted by molar-refractivity contribution is -0.147. The highest BCUT2D eigenvalue weighted by molar-refractivity contribution is 7.18. The Balaban J connectivity index is 0.854. The van der Waals surface area contributed by atoms with Crippen LogP contribution in [-0.2, 0) is 39.9 Å². The quantitative estimate of drug-likeness (QED) is 0.0471. The second-order valence-electron chi connectivity index (χ2n) is 27.5. The van der Waals surface area contributed by atoms with Gasteiger partial charge >= 0.3 is 0 Å². The molecule has 100 heavy (non-hydrogen) atoms. The lowest BCUT2D eigenvalue weighted by Crippen LogP contribution is -2.64. The van der Waals surface area contributed by atoms with Gasteiger partial charge in [0.05, 0.1) is 81.7 Å². The van der Waals surface area contributed by atoms with E-state index in [0.717, 1.165) is 65.3 Å². The number of phenolic OH excluding ortho intramolecular Hbond substituents is 1. The van der Waals surface area contributed by atoms with E-state index in [1.54, 1.807) is 6.92 Å². The number of aliphatic hydroxyl groups is 8. The molecule has 31 nitrogen and oxygen atoms in total. The Bertz CT molecular complexity index is 3390. The SMILES string of the molecule is COc1cc(C[C@@H](O)[C@@H]2NC(=O)[C@@H]3C[C@@H](O)CN3C(=O)[C@H]([C@@H](C)O)NC(=O)[C@H](C)N(CC3CCN(c4nnc(-c5ccc(-c6cnc(N7CCC(OC8CCCCC8)CC7)nc6)cc5)s4)CC3)[C@@H](O)CNC(=O)[C@@H]3[C@@H](O)[C@@H](C)CN3C(=O)[C@H]([C@H](O)CCNC(CO)CO)NC2=O)ccc1O. The normalized spacial score (nSPS) is 27.4. The molecule has 6 amide bonds. The summed E-state index contributed by atoms with van der Waals surface area (Å²) < 4.78 is 11.7. The smallest absolute Gasteiger partial charge is 0.248 e. The van der Waals surface area contributed by atoms with E-state index >= 15 is 4.79 Å². The number of nitrogens with zero attached hydrogens (tertiary/aromatic N) is 9. The number of aromatic hydroxyl groups is 1. The second-order valence-corrected chi connectivity index (χ2v) is 28.5. The maximum atomic E-state index is 15.1. The van der Waals surface area contributed by atoms with Gasteiger partial charge in [-0.15, -0.1) is 10.2 Å². The van der Waals surface area contributed by atoms with E-state index in [2.05, 4.69) is 46.6 Å². The summed E-state index contributed by atoms with van der Waals surface area (Å²) in [7, 11) is 1.28. The average molecular weight is 1420 g/mol. The number of anilines is 2. The van der Waals surface area contributed by atoms with Crippen LogP contribution in [0.5, 0.6) is 11.5 Å². The van der Waals surface area contributed by atoms with Gasteiger partial charge in [0.1, 0.15) is 41.4 Å². The maximum Gasteiger partial charge on any atom is 0.248 e. The Hall–Kier alpha value is -7.34. The first-order valence-corrected chi connectivity index (χ1v) is 35.7. The van der Waals surface area contributed by atoms with Gasteiger partial charge in [-0.05, 0) is 94.5 Å². The molecular weight excluding hydrogens is 1320 g/mol. The third kappa shape index (κ3) is 18.3. The molecule has 5 aliphatic heterocycles. The Morgan fingerprint density at radius 3 is 2.01 bits per heavy atom. The number of carbonyl (C=O) groups excluding carboxylic acids is 6. The number of benzene rings is 2. The number of hydrogen-bond donors (Lipinski definition) is 14. The molecule has 0 bridgehead atoms. The first kappa shape index (κ1) is 75.3. The lowest BCUT2D eigenvalue weighted by atomic mass is 9.95. The number of aliphatic hydroxyl groups excluding tert-OH is 8. The maximum absolute atomic E-state index is 15.1. The summed E-state index contributed by atoms with van der Waals surface area (Å²) in [6.45, 7) is 4.47. The van der Waals surface area contributed by atoms with Crippen molar-refractivity contribution in [3.8, 4) is 33.2 Å². The number of nitrogens with one attached hydrogen (secondary N) is 5. The summed E-state index contributed by atoms with van der Waals surface area (Å²) in [5.74, 6) is -6.83. The number of fused-ring (bicyclic) bond motifs is 2. The third-order valence-corrected chi connectivity index (χ3v) is 21.4. The highest BCUT2D eigenvalue weighted by Crippen LogP contribution is 2.35. The largest absolute Gasteiger partial charge is 0.504 e.